The first-order chi connectivity index (χ1) is 12.2. The molecule has 126 valence electrons. The van der Waals surface area contributed by atoms with E-state index in [0.717, 1.165) is 11.1 Å². The molecule has 2 heterocycles. The van der Waals surface area contributed by atoms with Crippen LogP contribution in [-0.4, -0.2) is 21.3 Å². The van der Waals surface area contributed by atoms with Gasteiger partial charge in [-0.25, -0.2) is 4.63 Å². The minimum absolute atomic E-state index is 0.205. The summed E-state index contributed by atoms with van der Waals surface area (Å²) in [5.74, 6) is 1.90. The number of hydrogen-bond donors (Lipinski definition) is 3. The van der Waals surface area contributed by atoms with Gasteiger partial charge in [0.1, 0.15) is 17.6 Å². The lowest BCUT2D eigenvalue weighted by Crippen LogP contribution is -2.32. The summed E-state index contributed by atoms with van der Waals surface area (Å²) in [5, 5.41) is 24.2. The van der Waals surface area contributed by atoms with E-state index in [2.05, 4.69) is 25.9 Å². The predicted molar refractivity (Wildman–Crippen MR) is 95.0 cm³/mol. The Kier molecular flexibility index (Phi) is 3.99. The zero-order valence-electron chi connectivity index (χ0n) is 13.0. The minimum Gasteiger partial charge on any atom is -0.508 e. The Balaban J connectivity index is 1.65. The fourth-order valence-corrected chi connectivity index (χ4v) is 2.69. The molecule has 7 nitrogen and oxygen atoms in total. The first-order valence-corrected chi connectivity index (χ1v) is 8.01. The maximum atomic E-state index is 9.51. The number of benzene rings is 2. The van der Waals surface area contributed by atoms with Gasteiger partial charge in [0.2, 0.25) is 11.6 Å². The number of halogens is 1. The Morgan fingerprint density at radius 1 is 1.04 bits per heavy atom. The van der Waals surface area contributed by atoms with E-state index in [0.29, 0.717) is 29.0 Å². The molecule has 0 aliphatic carbocycles. The molecule has 0 saturated heterocycles. The molecular weight excluding hydrogens is 342 g/mol. The highest BCUT2D eigenvalue weighted by Gasteiger charge is 2.28. The number of aliphatic imine (C=N–C) groups is 1. The van der Waals surface area contributed by atoms with E-state index in [4.69, 9.17) is 16.2 Å². The second-order valence-electron chi connectivity index (χ2n) is 5.58. The van der Waals surface area contributed by atoms with Crippen molar-refractivity contribution in [3.63, 3.8) is 0 Å². The second-order valence-corrected chi connectivity index (χ2v) is 6.02. The monoisotopic (exact) mass is 355 g/mol. The molecule has 0 saturated carbocycles. The van der Waals surface area contributed by atoms with Gasteiger partial charge in [-0.05, 0) is 45.7 Å². The Hall–Kier alpha value is -3.06. The zero-order chi connectivity index (χ0) is 17.2. The molecule has 0 spiro atoms. The Bertz CT molecular complexity index is 906. The maximum absolute atomic E-state index is 9.51. The van der Waals surface area contributed by atoms with E-state index < -0.39 is 0 Å². The maximum Gasteiger partial charge on any atom is 0.220 e. The topological polar surface area (TPSA) is 95.6 Å². The summed E-state index contributed by atoms with van der Waals surface area (Å²) in [5.41, 5.74) is 1.96. The third kappa shape index (κ3) is 3.27. The standard InChI is InChI=1S/C17H14ClN5O2/c18-12-5-1-10(2-6-12)9-19-15-14(11-3-7-13(24)8-4-11)20-16-17(21-15)23-25-22-16/h1-8,14,24H,9H2,(H,20,22)(H,19,21,23). The molecule has 1 atom stereocenters. The van der Waals surface area contributed by atoms with Crippen molar-refractivity contribution in [1.29, 1.82) is 0 Å². The lowest BCUT2D eigenvalue weighted by Gasteiger charge is -2.25. The molecule has 1 aliphatic rings. The van der Waals surface area contributed by atoms with Crippen LogP contribution in [-0.2, 0) is 6.54 Å². The number of aromatic hydroxyl groups is 1. The molecule has 4 rings (SSSR count). The van der Waals surface area contributed by atoms with E-state index >= 15 is 0 Å². The molecule has 2 aromatic carbocycles. The molecule has 0 radical (unpaired) electrons. The molecule has 3 aromatic rings. The molecule has 1 aliphatic heterocycles. The molecule has 0 fully saturated rings. The van der Waals surface area contributed by atoms with Gasteiger partial charge in [-0.2, -0.15) is 0 Å². The average Bonchev–Trinajstić information content (AvgIpc) is 3.08. The van der Waals surface area contributed by atoms with E-state index in [9.17, 15) is 5.11 Å². The Morgan fingerprint density at radius 3 is 2.52 bits per heavy atom. The van der Waals surface area contributed by atoms with Crippen molar-refractivity contribution in [2.24, 2.45) is 4.99 Å². The lowest BCUT2D eigenvalue weighted by molar-refractivity contribution is 0.310. The molecule has 3 N–H and O–H groups in total. The second kappa shape index (κ2) is 6.45. The molecular formula is C17H14ClN5O2. The number of hydrogen-bond acceptors (Lipinski definition) is 6. The molecule has 1 aromatic heterocycles. The van der Waals surface area contributed by atoms with Crippen molar-refractivity contribution in [3.8, 4) is 5.75 Å². The molecule has 1 unspecified atom stereocenters. The van der Waals surface area contributed by atoms with Crippen LogP contribution in [0.3, 0.4) is 0 Å². The van der Waals surface area contributed by atoms with Crippen LogP contribution in [0.25, 0.3) is 0 Å². The smallest absolute Gasteiger partial charge is 0.220 e. The lowest BCUT2D eigenvalue weighted by atomic mass is 10.0. The summed E-state index contributed by atoms with van der Waals surface area (Å²) in [6, 6.07) is 14.2. The zero-order valence-corrected chi connectivity index (χ0v) is 13.7. The number of amidine groups is 1. The van der Waals surface area contributed by atoms with Crippen LogP contribution in [0.5, 0.6) is 5.75 Å². The number of nitrogens with one attached hydrogen (secondary N) is 2. The Morgan fingerprint density at radius 2 is 1.76 bits per heavy atom. The van der Waals surface area contributed by atoms with Gasteiger partial charge in [0.05, 0.1) is 6.54 Å². The number of rotatable bonds is 3. The van der Waals surface area contributed by atoms with Crippen molar-refractivity contribution >= 4 is 29.1 Å². The highest BCUT2D eigenvalue weighted by molar-refractivity contribution is 6.30. The van der Waals surface area contributed by atoms with Gasteiger partial charge < -0.3 is 15.7 Å². The SMILES string of the molecule is Oc1ccc(C2Nc3nonc3NC2=NCc2ccc(Cl)cc2)cc1. The molecule has 8 heteroatoms. The van der Waals surface area contributed by atoms with Gasteiger partial charge in [0, 0.05) is 5.02 Å². The van der Waals surface area contributed by atoms with E-state index in [1.807, 2.05) is 36.4 Å². The van der Waals surface area contributed by atoms with Gasteiger partial charge in [-0.1, -0.05) is 35.9 Å². The molecule has 25 heavy (non-hydrogen) atoms. The van der Waals surface area contributed by atoms with Crippen molar-refractivity contribution in [2.75, 3.05) is 10.6 Å². The highest BCUT2D eigenvalue weighted by Crippen LogP contribution is 2.31. The first kappa shape index (κ1) is 15.5. The van der Waals surface area contributed by atoms with Gasteiger partial charge >= 0.3 is 0 Å². The Labute approximate surface area is 148 Å². The summed E-state index contributed by atoms with van der Waals surface area (Å²) < 4.78 is 4.76. The number of phenolic OH excluding ortho intramolecular Hbond substituents is 1. The summed E-state index contributed by atoms with van der Waals surface area (Å²) in [7, 11) is 0. The van der Waals surface area contributed by atoms with Crippen LogP contribution < -0.4 is 10.6 Å². The van der Waals surface area contributed by atoms with Crippen molar-refractivity contribution in [2.45, 2.75) is 12.6 Å². The third-order valence-corrected chi connectivity index (χ3v) is 4.11. The van der Waals surface area contributed by atoms with Gasteiger partial charge in [0.15, 0.2) is 0 Å². The first-order valence-electron chi connectivity index (χ1n) is 7.63. The van der Waals surface area contributed by atoms with Crippen molar-refractivity contribution in [1.82, 2.24) is 10.3 Å². The van der Waals surface area contributed by atoms with Crippen LogP contribution in [0.2, 0.25) is 5.02 Å². The van der Waals surface area contributed by atoms with Crippen LogP contribution in [0, 0.1) is 0 Å². The van der Waals surface area contributed by atoms with Crippen LogP contribution in [0.15, 0.2) is 58.2 Å². The summed E-state index contributed by atoms with van der Waals surface area (Å²) in [6.45, 7) is 0.483. The predicted octanol–water partition coefficient (Wildman–Crippen LogP) is 3.61. The highest BCUT2D eigenvalue weighted by atomic mass is 35.5. The van der Waals surface area contributed by atoms with Gasteiger partial charge in [-0.3, -0.25) is 4.99 Å². The quantitative estimate of drug-likeness (QED) is 0.664. The van der Waals surface area contributed by atoms with Crippen LogP contribution >= 0.6 is 11.6 Å². The number of anilines is 2. The largest absolute Gasteiger partial charge is 0.508 e. The molecule has 0 amide bonds. The number of aromatic nitrogens is 2. The van der Waals surface area contributed by atoms with Crippen molar-refractivity contribution in [3.05, 3.63) is 64.7 Å². The fraction of sp³-hybridized carbons (Fsp3) is 0.118. The normalized spacial score (nSPS) is 17.6. The summed E-state index contributed by atoms with van der Waals surface area (Å²) >= 11 is 5.92. The van der Waals surface area contributed by atoms with Gasteiger partial charge in [0.25, 0.3) is 0 Å². The van der Waals surface area contributed by atoms with Crippen LogP contribution in [0.4, 0.5) is 11.6 Å². The summed E-state index contributed by atoms with van der Waals surface area (Å²) in [6.07, 6.45) is 0. The molecule has 0 bridgehead atoms. The van der Waals surface area contributed by atoms with E-state index in [1.54, 1.807) is 12.1 Å². The minimum atomic E-state index is -0.257. The number of fused-ring (bicyclic) bond motifs is 1. The van der Waals surface area contributed by atoms with E-state index in [1.165, 1.54) is 0 Å². The summed E-state index contributed by atoms with van der Waals surface area (Å²) in [4.78, 5) is 4.67. The van der Waals surface area contributed by atoms with Gasteiger partial charge in [-0.15, -0.1) is 0 Å². The van der Waals surface area contributed by atoms with Crippen molar-refractivity contribution < 1.29 is 9.74 Å². The number of phenols is 1. The third-order valence-electron chi connectivity index (χ3n) is 3.86. The fourth-order valence-electron chi connectivity index (χ4n) is 2.57. The van der Waals surface area contributed by atoms with Crippen LogP contribution in [0.1, 0.15) is 17.2 Å². The average molecular weight is 356 g/mol. The number of nitrogens with zero attached hydrogens (tertiary/aromatic N) is 3. The van der Waals surface area contributed by atoms with E-state index in [-0.39, 0.29) is 11.8 Å².